The molecule has 0 spiro atoms. The van der Waals surface area contributed by atoms with Crippen LogP contribution in [0.5, 0.6) is 0 Å². The van der Waals surface area contributed by atoms with Gasteiger partial charge in [0.25, 0.3) is 0 Å². The molecule has 1 aromatic carbocycles. The van der Waals surface area contributed by atoms with Crippen LogP contribution in [0, 0.1) is 6.92 Å². The van der Waals surface area contributed by atoms with Crippen LogP contribution < -0.4 is 10.8 Å². The number of hydrogen-bond donors (Lipinski definition) is 1. The van der Waals surface area contributed by atoms with Crippen molar-refractivity contribution in [3.05, 3.63) is 23.3 Å². The number of carbonyl (C=O) groups is 1. The van der Waals surface area contributed by atoms with Gasteiger partial charge in [-0.1, -0.05) is 0 Å². The molecule has 138 valence electrons. The zero-order valence-corrected chi connectivity index (χ0v) is 16.9. The van der Waals surface area contributed by atoms with Crippen LogP contribution in [0.4, 0.5) is 5.69 Å². The predicted molar refractivity (Wildman–Crippen MR) is 102 cm³/mol. The molecule has 0 amide bonds. The lowest BCUT2D eigenvalue weighted by molar-refractivity contribution is 0.00578. The maximum absolute atomic E-state index is 12.6. The molecule has 1 aliphatic rings. The number of esters is 1. The summed E-state index contributed by atoms with van der Waals surface area (Å²) in [5.41, 5.74) is 1.56. The molecular weight excluding hydrogens is 317 g/mol. The number of benzene rings is 1. The lowest BCUT2D eigenvalue weighted by Gasteiger charge is -2.32. The van der Waals surface area contributed by atoms with Gasteiger partial charge in [-0.2, -0.15) is 0 Å². The van der Waals surface area contributed by atoms with Gasteiger partial charge in [0.15, 0.2) is 0 Å². The van der Waals surface area contributed by atoms with Gasteiger partial charge in [-0.3, -0.25) is 0 Å². The second-order valence-electron chi connectivity index (χ2n) is 8.58. The monoisotopic (exact) mass is 347 g/mol. The summed E-state index contributed by atoms with van der Waals surface area (Å²) in [5.74, 6) is -0.347. The third-order valence-electron chi connectivity index (χ3n) is 4.86. The van der Waals surface area contributed by atoms with E-state index in [4.69, 9.17) is 14.0 Å². The number of anilines is 1. The normalized spacial score (nSPS) is 19.0. The Kier molecular flexibility index (Phi) is 5.01. The summed E-state index contributed by atoms with van der Waals surface area (Å²) in [6.45, 7) is 15.5. The second-order valence-corrected chi connectivity index (χ2v) is 8.58. The first kappa shape index (κ1) is 19.8. The Bertz CT molecular complexity index is 661. The average molecular weight is 347 g/mol. The summed E-state index contributed by atoms with van der Waals surface area (Å²) in [7, 11) is 1.29. The lowest BCUT2D eigenvalue weighted by Crippen LogP contribution is -2.41. The second kappa shape index (κ2) is 6.33. The van der Waals surface area contributed by atoms with Gasteiger partial charge >= 0.3 is 13.1 Å². The SMILES string of the molecule is CNc1cc(B2OC(C)(C)C(C)(C)O2)c(C)c(C(=O)OC(C)(C)C)c1. The van der Waals surface area contributed by atoms with Gasteiger partial charge in [0, 0.05) is 12.7 Å². The fourth-order valence-corrected chi connectivity index (χ4v) is 2.64. The maximum atomic E-state index is 12.6. The standard InChI is InChI=1S/C19H30BNO4/c1-12-14(16(22)23-17(2,3)4)10-13(21-9)11-15(12)20-24-18(5,6)19(7,8)25-20/h10-11,21H,1-9H3. The Labute approximate surface area is 151 Å². The molecule has 1 aliphatic heterocycles. The molecule has 0 atom stereocenters. The minimum absolute atomic E-state index is 0.347. The molecule has 1 aromatic rings. The summed E-state index contributed by atoms with van der Waals surface area (Å²) < 4.78 is 17.9. The fraction of sp³-hybridized carbons (Fsp3) is 0.632. The Morgan fingerprint density at radius 1 is 1.12 bits per heavy atom. The minimum Gasteiger partial charge on any atom is -0.456 e. The first-order valence-electron chi connectivity index (χ1n) is 8.69. The molecule has 1 saturated heterocycles. The highest BCUT2D eigenvalue weighted by Crippen LogP contribution is 2.37. The van der Waals surface area contributed by atoms with Crippen molar-refractivity contribution >= 4 is 24.2 Å². The van der Waals surface area contributed by atoms with E-state index >= 15 is 0 Å². The van der Waals surface area contributed by atoms with E-state index in [2.05, 4.69) is 5.32 Å². The molecule has 1 heterocycles. The van der Waals surface area contributed by atoms with E-state index in [1.165, 1.54) is 0 Å². The van der Waals surface area contributed by atoms with E-state index in [1.54, 1.807) is 6.07 Å². The third-order valence-corrected chi connectivity index (χ3v) is 4.86. The maximum Gasteiger partial charge on any atom is 0.495 e. The van der Waals surface area contributed by atoms with Crippen molar-refractivity contribution in [2.75, 3.05) is 12.4 Å². The molecule has 2 rings (SSSR count). The van der Waals surface area contributed by atoms with Crippen molar-refractivity contribution in [1.29, 1.82) is 0 Å². The summed E-state index contributed by atoms with van der Waals surface area (Å²) in [5, 5.41) is 3.10. The van der Waals surface area contributed by atoms with Gasteiger partial charge in [0.05, 0.1) is 16.8 Å². The van der Waals surface area contributed by atoms with Crippen molar-refractivity contribution in [1.82, 2.24) is 0 Å². The van der Waals surface area contributed by atoms with E-state index in [0.29, 0.717) is 5.56 Å². The number of rotatable bonds is 3. The lowest BCUT2D eigenvalue weighted by atomic mass is 9.74. The highest BCUT2D eigenvalue weighted by molar-refractivity contribution is 6.63. The van der Waals surface area contributed by atoms with Crippen molar-refractivity contribution in [2.45, 2.75) is 72.2 Å². The number of hydrogen-bond acceptors (Lipinski definition) is 5. The molecule has 0 saturated carbocycles. The average Bonchev–Trinajstić information content (AvgIpc) is 2.65. The topological polar surface area (TPSA) is 56.8 Å². The van der Waals surface area contributed by atoms with Gasteiger partial charge in [0.1, 0.15) is 5.60 Å². The van der Waals surface area contributed by atoms with E-state index in [0.717, 1.165) is 16.7 Å². The van der Waals surface area contributed by atoms with Crippen molar-refractivity contribution in [3.63, 3.8) is 0 Å². The largest absolute Gasteiger partial charge is 0.495 e. The Balaban J connectivity index is 2.47. The third kappa shape index (κ3) is 4.01. The molecule has 5 nitrogen and oxygen atoms in total. The molecule has 0 unspecified atom stereocenters. The van der Waals surface area contributed by atoms with E-state index in [-0.39, 0.29) is 5.97 Å². The number of carbonyl (C=O) groups excluding carboxylic acids is 1. The van der Waals surface area contributed by atoms with Gasteiger partial charge in [-0.15, -0.1) is 0 Å². The van der Waals surface area contributed by atoms with Crippen molar-refractivity contribution in [3.8, 4) is 0 Å². The van der Waals surface area contributed by atoms with Crippen LogP contribution in [-0.4, -0.2) is 36.9 Å². The van der Waals surface area contributed by atoms with Gasteiger partial charge in [-0.25, -0.2) is 4.79 Å². The van der Waals surface area contributed by atoms with Crippen LogP contribution in [-0.2, 0) is 14.0 Å². The van der Waals surface area contributed by atoms with E-state index < -0.39 is 23.9 Å². The van der Waals surface area contributed by atoms with Crippen LogP contribution in [0.1, 0.15) is 64.4 Å². The van der Waals surface area contributed by atoms with E-state index in [1.807, 2.05) is 68.5 Å². The first-order chi connectivity index (χ1) is 11.3. The predicted octanol–water partition coefficient (Wildman–Crippen LogP) is 3.29. The minimum atomic E-state index is -0.552. The van der Waals surface area contributed by atoms with Crippen LogP contribution >= 0.6 is 0 Å². The summed E-state index contributed by atoms with van der Waals surface area (Å²) in [6.07, 6.45) is 0. The fourth-order valence-electron chi connectivity index (χ4n) is 2.64. The molecule has 0 radical (unpaired) electrons. The number of ether oxygens (including phenoxy) is 1. The van der Waals surface area contributed by atoms with Crippen LogP contribution in [0.2, 0.25) is 0 Å². The zero-order valence-electron chi connectivity index (χ0n) is 16.9. The van der Waals surface area contributed by atoms with Crippen molar-refractivity contribution < 1.29 is 18.8 Å². The van der Waals surface area contributed by atoms with Crippen LogP contribution in [0.25, 0.3) is 0 Å². The quantitative estimate of drug-likeness (QED) is 0.672. The molecule has 25 heavy (non-hydrogen) atoms. The molecule has 0 aromatic heterocycles. The highest BCUT2D eigenvalue weighted by Gasteiger charge is 2.52. The van der Waals surface area contributed by atoms with Gasteiger partial charge in [0.2, 0.25) is 0 Å². The smallest absolute Gasteiger partial charge is 0.456 e. The first-order valence-corrected chi connectivity index (χ1v) is 8.69. The summed E-state index contributed by atoms with van der Waals surface area (Å²) in [4.78, 5) is 12.6. The molecule has 1 fully saturated rings. The molecule has 0 aliphatic carbocycles. The molecule has 0 bridgehead atoms. The zero-order chi connectivity index (χ0) is 19.2. The molecule has 1 N–H and O–H groups in total. The Morgan fingerprint density at radius 3 is 2.08 bits per heavy atom. The van der Waals surface area contributed by atoms with Gasteiger partial charge in [-0.05, 0) is 78.5 Å². The molecular formula is C19H30BNO4. The van der Waals surface area contributed by atoms with E-state index in [9.17, 15) is 4.79 Å². The van der Waals surface area contributed by atoms with Gasteiger partial charge < -0.3 is 19.4 Å². The number of nitrogens with one attached hydrogen (secondary N) is 1. The Morgan fingerprint density at radius 2 is 1.64 bits per heavy atom. The van der Waals surface area contributed by atoms with Crippen LogP contribution in [0.3, 0.4) is 0 Å². The summed E-state index contributed by atoms with van der Waals surface area (Å²) in [6, 6.07) is 3.77. The van der Waals surface area contributed by atoms with Crippen LogP contribution in [0.15, 0.2) is 12.1 Å². The van der Waals surface area contributed by atoms with Crippen molar-refractivity contribution in [2.24, 2.45) is 0 Å². The summed E-state index contributed by atoms with van der Waals surface area (Å²) >= 11 is 0. The highest BCUT2D eigenvalue weighted by atomic mass is 16.7. The molecule has 6 heteroatoms. The Hall–Kier alpha value is -1.53.